The topological polar surface area (TPSA) is 237 Å². The predicted octanol–water partition coefficient (Wildman–Crippen LogP) is 19.5. The summed E-state index contributed by atoms with van der Waals surface area (Å²) in [6.45, 7) is 11.8. The van der Waals surface area contributed by atoms with Gasteiger partial charge in [0.1, 0.15) is 19.3 Å². The maximum absolute atomic E-state index is 13.0. The molecule has 0 saturated heterocycles. The van der Waals surface area contributed by atoms with E-state index in [-0.39, 0.29) is 25.7 Å². The average Bonchev–Trinajstić information content (AvgIpc) is 3.69. The van der Waals surface area contributed by atoms with Crippen molar-refractivity contribution in [1.82, 2.24) is 0 Å². The number of phosphoric ester groups is 2. The fraction of sp³-hybridized carbons (Fsp3) is 0.942. The summed E-state index contributed by atoms with van der Waals surface area (Å²) >= 11 is 0. The molecule has 522 valence electrons. The Hall–Kier alpha value is -1.94. The fourth-order valence-corrected chi connectivity index (χ4v) is 11.9. The van der Waals surface area contributed by atoms with Gasteiger partial charge in [-0.15, -0.1) is 0 Å². The van der Waals surface area contributed by atoms with E-state index in [1.807, 2.05) is 0 Å². The second kappa shape index (κ2) is 60.0. The largest absolute Gasteiger partial charge is 0.472 e. The van der Waals surface area contributed by atoms with Gasteiger partial charge in [-0.25, -0.2) is 9.13 Å². The number of phosphoric acid groups is 2. The molecule has 0 aliphatic heterocycles. The van der Waals surface area contributed by atoms with E-state index >= 15 is 0 Å². The van der Waals surface area contributed by atoms with Gasteiger partial charge in [0.25, 0.3) is 0 Å². The van der Waals surface area contributed by atoms with Gasteiger partial charge in [0.2, 0.25) is 0 Å². The van der Waals surface area contributed by atoms with Gasteiger partial charge in [0.15, 0.2) is 12.2 Å². The van der Waals surface area contributed by atoms with E-state index in [1.165, 1.54) is 154 Å². The van der Waals surface area contributed by atoms with Crippen molar-refractivity contribution < 1.29 is 80.2 Å². The first kappa shape index (κ1) is 86.1. The minimum absolute atomic E-state index is 0.103. The molecule has 0 saturated carbocycles. The molecule has 0 fully saturated rings. The third-order valence-electron chi connectivity index (χ3n) is 16.6. The number of aliphatic hydroxyl groups excluding tert-OH is 1. The molecule has 0 rings (SSSR count). The summed E-state index contributed by atoms with van der Waals surface area (Å²) in [6.07, 6.45) is 43.0. The quantitative estimate of drug-likeness (QED) is 0.0222. The molecule has 0 amide bonds. The minimum atomic E-state index is -4.95. The molecule has 0 spiro atoms. The molecule has 19 heteroatoms. The van der Waals surface area contributed by atoms with Gasteiger partial charge in [-0.1, -0.05) is 292 Å². The van der Waals surface area contributed by atoms with Crippen molar-refractivity contribution in [3.63, 3.8) is 0 Å². The van der Waals surface area contributed by atoms with Crippen molar-refractivity contribution in [3.05, 3.63) is 0 Å². The Bertz CT molecular complexity index is 1740. The zero-order valence-corrected chi connectivity index (χ0v) is 59.0. The van der Waals surface area contributed by atoms with Gasteiger partial charge < -0.3 is 33.8 Å². The van der Waals surface area contributed by atoms with Gasteiger partial charge in [-0.05, 0) is 43.4 Å². The van der Waals surface area contributed by atoms with Crippen molar-refractivity contribution in [1.29, 1.82) is 0 Å². The summed E-state index contributed by atoms with van der Waals surface area (Å²) < 4.78 is 68.2. The van der Waals surface area contributed by atoms with Gasteiger partial charge in [-0.2, -0.15) is 0 Å². The van der Waals surface area contributed by atoms with Crippen LogP contribution in [0.3, 0.4) is 0 Å². The summed E-state index contributed by atoms with van der Waals surface area (Å²) in [5.74, 6) is 0.154. The lowest BCUT2D eigenvalue weighted by Gasteiger charge is -2.21. The summed E-state index contributed by atoms with van der Waals surface area (Å²) in [4.78, 5) is 72.5. The number of aliphatic hydroxyl groups is 1. The first-order chi connectivity index (χ1) is 42.3. The van der Waals surface area contributed by atoms with Crippen molar-refractivity contribution >= 4 is 39.5 Å². The van der Waals surface area contributed by atoms with E-state index in [1.54, 1.807) is 0 Å². The molecule has 7 atom stereocenters. The molecule has 17 nitrogen and oxygen atoms in total. The third-order valence-corrected chi connectivity index (χ3v) is 18.5. The molecule has 0 aliphatic rings. The van der Waals surface area contributed by atoms with Crippen LogP contribution in [0.5, 0.6) is 0 Å². The highest BCUT2D eigenvalue weighted by Gasteiger charge is 2.30. The molecule has 0 bridgehead atoms. The van der Waals surface area contributed by atoms with Crippen LogP contribution >= 0.6 is 15.6 Å². The van der Waals surface area contributed by atoms with Crippen LogP contribution < -0.4 is 0 Å². The fourth-order valence-electron chi connectivity index (χ4n) is 10.3. The molecule has 0 aromatic heterocycles. The van der Waals surface area contributed by atoms with Crippen LogP contribution in [0.1, 0.15) is 344 Å². The van der Waals surface area contributed by atoms with Crippen LogP contribution in [0.4, 0.5) is 0 Å². The monoisotopic (exact) mass is 1300 g/mol. The Morgan fingerprint density at radius 2 is 0.580 bits per heavy atom. The maximum atomic E-state index is 13.0. The highest BCUT2D eigenvalue weighted by molar-refractivity contribution is 7.47. The van der Waals surface area contributed by atoms with Crippen molar-refractivity contribution in [2.45, 2.75) is 362 Å². The van der Waals surface area contributed by atoms with Crippen LogP contribution in [0, 0.1) is 17.8 Å². The number of ether oxygens (including phenoxy) is 4. The first-order valence-electron chi connectivity index (χ1n) is 35.9. The van der Waals surface area contributed by atoms with Crippen LogP contribution in [0.25, 0.3) is 0 Å². The molecule has 0 heterocycles. The van der Waals surface area contributed by atoms with Gasteiger partial charge >= 0.3 is 39.5 Å². The Balaban J connectivity index is 5.25. The van der Waals surface area contributed by atoms with Crippen molar-refractivity contribution in [3.8, 4) is 0 Å². The van der Waals surface area contributed by atoms with E-state index in [4.69, 9.17) is 37.0 Å². The number of rotatable bonds is 67. The van der Waals surface area contributed by atoms with Crippen molar-refractivity contribution in [2.75, 3.05) is 39.6 Å². The summed E-state index contributed by atoms with van der Waals surface area (Å²) in [5.41, 5.74) is 0. The average molecular weight is 1300 g/mol. The minimum Gasteiger partial charge on any atom is -0.462 e. The van der Waals surface area contributed by atoms with E-state index in [0.29, 0.717) is 25.7 Å². The lowest BCUT2D eigenvalue weighted by molar-refractivity contribution is -0.161. The van der Waals surface area contributed by atoms with E-state index in [0.717, 1.165) is 108 Å². The SMILES string of the molecule is CCCCCCCCCCCCC(=O)OC[C@H](COP(=O)(O)OC[C@H](O)COP(=O)(O)OC[C@@H](COC(=O)CCCCCCCCCCC(C)CC)OC(=O)CCCCCCCCCCCCCCCC(C)C)OC(=O)CCCCCCCCC(C)CC. The summed E-state index contributed by atoms with van der Waals surface area (Å²) in [7, 11) is -9.90. The van der Waals surface area contributed by atoms with E-state index in [9.17, 15) is 43.2 Å². The zero-order chi connectivity index (χ0) is 65.2. The number of hydrogen-bond acceptors (Lipinski definition) is 15. The van der Waals surface area contributed by atoms with Crippen LogP contribution in [-0.4, -0.2) is 96.7 Å². The molecule has 4 unspecified atom stereocenters. The standard InChI is InChI=1S/C69H134O17P2/c1-8-11-12-13-14-15-22-28-36-43-50-66(71)79-57-65(86-69(74)53-46-39-32-31-35-42-49-62(7)10-3)59-84-88(77,78)82-55-63(70)54-81-87(75,76)83-58-64(56-80-67(72)51-44-37-29-25-24-27-34-41-48-61(6)9-2)85-68(73)52-45-38-30-23-20-18-16-17-19-21-26-33-40-47-60(4)5/h60-65,70H,8-59H2,1-7H3,(H,75,76)(H,77,78)/t61?,62?,63-,64-,65-/m1/s1. The molecule has 0 aromatic rings. The Morgan fingerprint density at radius 1 is 0.330 bits per heavy atom. The second-order valence-electron chi connectivity index (χ2n) is 25.9. The normalized spacial score (nSPS) is 14.9. The zero-order valence-electron chi connectivity index (χ0n) is 57.2. The Morgan fingerprint density at radius 3 is 0.864 bits per heavy atom. The van der Waals surface area contributed by atoms with Crippen LogP contribution in [0.15, 0.2) is 0 Å². The first-order valence-corrected chi connectivity index (χ1v) is 38.9. The van der Waals surface area contributed by atoms with Crippen molar-refractivity contribution in [2.24, 2.45) is 17.8 Å². The van der Waals surface area contributed by atoms with Gasteiger partial charge in [0.05, 0.1) is 26.4 Å². The number of carbonyl (C=O) groups is 4. The predicted molar refractivity (Wildman–Crippen MR) is 354 cm³/mol. The molecule has 0 aromatic carbocycles. The summed E-state index contributed by atoms with van der Waals surface area (Å²) in [6, 6.07) is 0. The highest BCUT2D eigenvalue weighted by atomic mass is 31.2. The third kappa shape index (κ3) is 60.3. The van der Waals surface area contributed by atoms with Gasteiger partial charge in [-0.3, -0.25) is 37.3 Å². The maximum Gasteiger partial charge on any atom is 0.472 e. The molecule has 3 N–H and O–H groups in total. The Labute approximate surface area is 537 Å². The molecular formula is C69H134O17P2. The highest BCUT2D eigenvalue weighted by Crippen LogP contribution is 2.45. The molecule has 88 heavy (non-hydrogen) atoms. The Kier molecular flexibility index (Phi) is 58.7. The molecular weight excluding hydrogens is 1160 g/mol. The number of unbranched alkanes of at least 4 members (excludes halogenated alkanes) is 33. The second-order valence-corrected chi connectivity index (χ2v) is 28.8. The molecule has 0 aliphatic carbocycles. The lowest BCUT2D eigenvalue weighted by Crippen LogP contribution is -2.30. The van der Waals surface area contributed by atoms with Crippen LogP contribution in [-0.2, 0) is 65.4 Å². The van der Waals surface area contributed by atoms with Gasteiger partial charge in [0, 0.05) is 25.7 Å². The smallest absolute Gasteiger partial charge is 0.462 e. The number of esters is 4. The summed E-state index contributed by atoms with van der Waals surface area (Å²) in [5, 5.41) is 10.6. The van der Waals surface area contributed by atoms with Crippen LogP contribution in [0.2, 0.25) is 0 Å². The molecule has 0 radical (unpaired) electrons. The van der Waals surface area contributed by atoms with E-state index < -0.39 is 97.5 Å². The van der Waals surface area contributed by atoms with E-state index in [2.05, 4.69) is 48.5 Å². The number of hydrogen-bond donors (Lipinski definition) is 3. The number of carbonyl (C=O) groups excluding carboxylic acids is 4. The lowest BCUT2D eigenvalue weighted by atomic mass is 9.99.